The largest absolute Gasteiger partial charge is 0.486 e. The second kappa shape index (κ2) is 5.80. The van der Waals surface area contributed by atoms with E-state index in [0.717, 1.165) is 18.5 Å². The molecule has 2 N–H and O–H groups in total. The Kier molecular flexibility index (Phi) is 3.42. The molecular weight excluding hydrogens is 328 g/mol. The molecule has 0 radical (unpaired) electrons. The summed E-state index contributed by atoms with van der Waals surface area (Å²) in [7, 11) is 0. The van der Waals surface area contributed by atoms with Crippen LogP contribution >= 0.6 is 0 Å². The smallest absolute Gasteiger partial charge is 0.254 e. The Hall–Kier alpha value is -2.95. The molecule has 1 aliphatic carbocycles. The molecule has 1 amide bonds. The van der Waals surface area contributed by atoms with Crippen LogP contribution in [-0.2, 0) is 0 Å². The highest BCUT2D eigenvalue weighted by molar-refractivity contribution is 5.96. The number of rotatable bonds is 2. The molecule has 5 nitrogen and oxygen atoms in total. The van der Waals surface area contributed by atoms with E-state index in [2.05, 4.69) is 12.1 Å². The van der Waals surface area contributed by atoms with Crippen LogP contribution in [0.4, 0.5) is 5.69 Å². The summed E-state index contributed by atoms with van der Waals surface area (Å²) in [5.41, 5.74) is 11.2. The third-order valence-corrected chi connectivity index (χ3v) is 5.46. The molecule has 132 valence electrons. The molecule has 0 spiro atoms. The fourth-order valence-corrected chi connectivity index (χ4v) is 4.16. The lowest BCUT2D eigenvalue weighted by Gasteiger charge is -2.28. The van der Waals surface area contributed by atoms with Gasteiger partial charge in [-0.15, -0.1) is 0 Å². The van der Waals surface area contributed by atoms with Crippen molar-refractivity contribution in [3.63, 3.8) is 0 Å². The van der Waals surface area contributed by atoms with E-state index in [1.807, 2.05) is 29.2 Å². The monoisotopic (exact) mass is 348 g/mol. The maximum atomic E-state index is 13.0. The summed E-state index contributed by atoms with van der Waals surface area (Å²) in [6.07, 6.45) is 1.88. The van der Waals surface area contributed by atoms with Gasteiger partial charge in [0.1, 0.15) is 13.2 Å². The topological polar surface area (TPSA) is 64.8 Å². The average Bonchev–Trinajstić information content (AvgIpc) is 3.28. The zero-order valence-electron chi connectivity index (χ0n) is 14.4. The Labute approximate surface area is 152 Å². The van der Waals surface area contributed by atoms with Crippen LogP contribution in [0.15, 0.2) is 48.0 Å². The third kappa shape index (κ3) is 2.43. The molecule has 1 saturated heterocycles. The van der Waals surface area contributed by atoms with Gasteiger partial charge in [-0.2, -0.15) is 0 Å². The van der Waals surface area contributed by atoms with E-state index in [1.54, 1.807) is 6.07 Å². The second-order valence-electron chi connectivity index (χ2n) is 7.06. The van der Waals surface area contributed by atoms with Crippen molar-refractivity contribution in [3.8, 4) is 11.5 Å². The van der Waals surface area contributed by atoms with E-state index in [0.29, 0.717) is 36.8 Å². The number of benzene rings is 2. The van der Waals surface area contributed by atoms with Crippen molar-refractivity contribution in [2.45, 2.75) is 18.9 Å². The highest BCUT2D eigenvalue weighted by Crippen LogP contribution is 2.43. The summed E-state index contributed by atoms with van der Waals surface area (Å²) in [6.45, 7) is 1.78. The lowest BCUT2D eigenvalue weighted by atomic mass is 9.99. The first-order chi connectivity index (χ1) is 12.7. The number of nitrogens with two attached hydrogens (primary N) is 1. The number of anilines is 1. The molecule has 5 heteroatoms. The van der Waals surface area contributed by atoms with Crippen LogP contribution in [0, 0.1) is 0 Å². The molecule has 1 fully saturated rings. The molecule has 2 aliphatic heterocycles. The van der Waals surface area contributed by atoms with Gasteiger partial charge in [0.05, 0.1) is 0 Å². The van der Waals surface area contributed by atoms with E-state index >= 15 is 0 Å². The molecule has 1 atom stereocenters. The standard InChI is InChI=1S/C21H20N2O3/c22-16-4-1-13(2-5-16)18-11-17-9-15(18)12-23(17)21(24)14-3-6-19-20(10-14)26-8-7-25-19/h1-6,10,17H,7-9,11-12,22H2. The van der Waals surface area contributed by atoms with Crippen LogP contribution in [0.2, 0.25) is 0 Å². The van der Waals surface area contributed by atoms with E-state index in [4.69, 9.17) is 15.2 Å². The van der Waals surface area contributed by atoms with Crippen molar-refractivity contribution in [2.24, 2.45) is 0 Å². The first-order valence-corrected chi connectivity index (χ1v) is 8.96. The molecule has 2 heterocycles. The fourth-order valence-electron chi connectivity index (χ4n) is 4.16. The normalized spacial score (nSPS) is 20.6. The lowest BCUT2D eigenvalue weighted by molar-refractivity contribution is 0.0738. The number of carbonyl (C=O) groups excluding carboxylic acids is 1. The number of hydrogen-bond acceptors (Lipinski definition) is 4. The van der Waals surface area contributed by atoms with Crippen molar-refractivity contribution < 1.29 is 14.3 Å². The van der Waals surface area contributed by atoms with Gasteiger partial charge in [-0.1, -0.05) is 12.1 Å². The molecule has 1 unspecified atom stereocenters. The van der Waals surface area contributed by atoms with E-state index in [9.17, 15) is 4.79 Å². The predicted molar refractivity (Wildman–Crippen MR) is 99.3 cm³/mol. The van der Waals surface area contributed by atoms with Gasteiger partial charge in [0, 0.05) is 23.8 Å². The molecular formula is C21H20N2O3. The Morgan fingerprint density at radius 3 is 2.50 bits per heavy atom. The van der Waals surface area contributed by atoms with Gasteiger partial charge >= 0.3 is 0 Å². The van der Waals surface area contributed by atoms with Gasteiger partial charge in [0.15, 0.2) is 11.5 Å². The molecule has 2 aromatic rings. The van der Waals surface area contributed by atoms with Gasteiger partial charge in [-0.3, -0.25) is 4.79 Å². The van der Waals surface area contributed by atoms with Gasteiger partial charge < -0.3 is 20.1 Å². The summed E-state index contributed by atoms with van der Waals surface area (Å²) in [5, 5.41) is 0. The predicted octanol–water partition coefficient (Wildman–Crippen LogP) is 3.11. The SMILES string of the molecule is Nc1ccc(C2=C3CC(C2)N(C(=O)c2ccc4c(c2)OCCO4)C3)cc1. The van der Waals surface area contributed by atoms with Gasteiger partial charge in [0.2, 0.25) is 0 Å². The maximum absolute atomic E-state index is 13.0. The Balaban J connectivity index is 1.38. The van der Waals surface area contributed by atoms with Crippen molar-refractivity contribution in [1.82, 2.24) is 4.90 Å². The first-order valence-electron chi connectivity index (χ1n) is 8.96. The number of nitrogen functional groups attached to an aromatic ring is 1. The quantitative estimate of drug-likeness (QED) is 0.847. The summed E-state index contributed by atoms with van der Waals surface area (Å²) >= 11 is 0. The van der Waals surface area contributed by atoms with Crippen molar-refractivity contribution >= 4 is 17.2 Å². The average molecular weight is 348 g/mol. The van der Waals surface area contributed by atoms with Crippen LogP contribution in [-0.4, -0.2) is 36.6 Å². The molecule has 3 aliphatic rings. The number of likely N-dealkylation sites (tertiary alicyclic amines) is 1. The summed E-state index contributed by atoms with van der Waals surface area (Å²) in [5.74, 6) is 1.44. The first kappa shape index (κ1) is 15.3. The minimum absolute atomic E-state index is 0.0679. The molecule has 0 aromatic heterocycles. The maximum Gasteiger partial charge on any atom is 0.254 e. The summed E-state index contributed by atoms with van der Waals surface area (Å²) in [4.78, 5) is 15.0. The van der Waals surface area contributed by atoms with Crippen LogP contribution in [0.3, 0.4) is 0 Å². The fraction of sp³-hybridized carbons (Fsp3) is 0.286. The third-order valence-electron chi connectivity index (χ3n) is 5.46. The number of amides is 1. The van der Waals surface area contributed by atoms with E-state index in [1.165, 1.54) is 16.7 Å². The van der Waals surface area contributed by atoms with Crippen LogP contribution in [0.25, 0.3) is 5.57 Å². The van der Waals surface area contributed by atoms with Crippen LogP contribution in [0.1, 0.15) is 28.8 Å². The van der Waals surface area contributed by atoms with Crippen LogP contribution < -0.4 is 15.2 Å². The number of hydrogen-bond donors (Lipinski definition) is 1. The number of fused-ring (bicyclic) bond motifs is 3. The molecule has 26 heavy (non-hydrogen) atoms. The molecule has 2 aromatic carbocycles. The van der Waals surface area contributed by atoms with E-state index in [-0.39, 0.29) is 11.9 Å². The Bertz CT molecular complexity index is 917. The van der Waals surface area contributed by atoms with Gasteiger partial charge in [0.25, 0.3) is 5.91 Å². The van der Waals surface area contributed by atoms with Crippen molar-refractivity contribution in [2.75, 3.05) is 25.5 Å². The second-order valence-corrected chi connectivity index (χ2v) is 7.06. The summed E-state index contributed by atoms with van der Waals surface area (Å²) in [6, 6.07) is 13.7. The van der Waals surface area contributed by atoms with Crippen LogP contribution in [0.5, 0.6) is 11.5 Å². The number of carbonyl (C=O) groups is 1. The van der Waals surface area contributed by atoms with Gasteiger partial charge in [-0.25, -0.2) is 0 Å². The van der Waals surface area contributed by atoms with Crippen molar-refractivity contribution in [3.05, 3.63) is 59.2 Å². The highest BCUT2D eigenvalue weighted by Gasteiger charge is 2.39. The zero-order valence-corrected chi connectivity index (χ0v) is 14.4. The number of ether oxygens (including phenoxy) is 2. The van der Waals surface area contributed by atoms with Crippen molar-refractivity contribution in [1.29, 1.82) is 0 Å². The lowest BCUT2D eigenvalue weighted by Crippen LogP contribution is -2.37. The highest BCUT2D eigenvalue weighted by atomic mass is 16.6. The summed E-state index contributed by atoms with van der Waals surface area (Å²) < 4.78 is 11.1. The minimum atomic E-state index is 0.0679. The zero-order chi connectivity index (χ0) is 17.7. The Morgan fingerprint density at radius 2 is 1.77 bits per heavy atom. The molecule has 0 saturated carbocycles. The van der Waals surface area contributed by atoms with Gasteiger partial charge in [-0.05, 0) is 59.9 Å². The number of nitrogens with zero attached hydrogens (tertiary/aromatic N) is 1. The molecule has 2 bridgehead atoms. The Morgan fingerprint density at radius 1 is 1.00 bits per heavy atom. The minimum Gasteiger partial charge on any atom is -0.486 e. The van der Waals surface area contributed by atoms with E-state index < -0.39 is 0 Å². The molecule has 5 rings (SSSR count).